The number of para-hydroxylation sites is 1. The number of hydrogen-bond acceptors (Lipinski definition) is 3. The van der Waals surface area contributed by atoms with Crippen molar-refractivity contribution in [2.45, 2.75) is 19.3 Å². The average Bonchev–Trinajstić information content (AvgIpc) is 2.74. The molecule has 5 heteroatoms. The minimum Gasteiger partial charge on any atom is -0.366 e. The molecule has 1 amide bonds. The number of carbonyl (C=O) groups is 1. The molecule has 0 saturated carbocycles. The summed E-state index contributed by atoms with van der Waals surface area (Å²) < 4.78 is 13.9. The molecule has 3 aromatic rings. The largest absolute Gasteiger partial charge is 0.366 e. The minimum absolute atomic E-state index is 0.187. The fraction of sp³-hybridized carbons (Fsp3) is 0.304. The molecular formula is C23H24FN3O. The Morgan fingerprint density at radius 3 is 2.61 bits per heavy atom. The average molecular weight is 377 g/mol. The van der Waals surface area contributed by atoms with Gasteiger partial charge in [-0.15, -0.1) is 0 Å². The Hall–Kier alpha value is -2.95. The van der Waals surface area contributed by atoms with Crippen molar-refractivity contribution in [3.8, 4) is 0 Å². The third-order valence-corrected chi connectivity index (χ3v) is 5.40. The van der Waals surface area contributed by atoms with E-state index in [4.69, 9.17) is 0 Å². The van der Waals surface area contributed by atoms with Gasteiger partial charge in [-0.25, -0.2) is 4.39 Å². The molecule has 0 radical (unpaired) electrons. The van der Waals surface area contributed by atoms with Crippen LogP contribution in [-0.2, 0) is 11.2 Å². The van der Waals surface area contributed by atoms with Crippen molar-refractivity contribution in [2.24, 2.45) is 0 Å². The van der Waals surface area contributed by atoms with Crippen LogP contribution in [0, 0.1) is 5.82 Å². The molecule has 0 spiro atoms. The van der Waals surface area contributed by atoms with Gasteiger partial charge in [-0.1, -0.05) is 30.3 Å². The van der Waals surface area contributed by atoms with Gasteiger partial charge in [0.2, 0.25) is 5.91 Å². The number of benzene rings is 2. The predicted molar refractivity (Wildman–Crippen MR) is 110 cm³/mol. The lowest BCUT2D eigenvalue weighted by Gasteiger charge is -2.36. The normalized spacial score (nSPS) is 14.5. The van der Waals surface area contributed by atoms with Crippen molar-refractivity contribution in [2.75, 3.05) is 31.1 Å². The van der Waals surface area contributed by atoms with Crippen molar-refractivity contribution in [1.82, 2.24) is 9.88 Å². The van der Waals surface area contributed by atoms with E-state index in [-0.39, 0.29) is 11.7 Å². The van der Waals surface area contributed by atoms with E-state index in [1.165, 1.54) is 11.6 Å². The lowest BCUT2D eigenvalue weighted by atomic mass is 10.0. The highest BCUT2D eigenvalue weighted by atomic mass is 19.1. The summed E-state index contributed by atoms with van der Waals surface area (Å²) in [6, 6.07) is 17.0. The van der Waals surface area contributed by atoms with Crippen LogP contribution in [0.25, 0.3) is 10.9 Å². The van der Waals surface area contributed by atoms with E-state index in [1.807, 2.05) is 34.1 Å². The molecule has 4 nitrogen and oxygen atoms in total. The number of piperazine rings is 1. The van der Waals surface area contributed by atoms with Gasteiger partial charge in [-0.05, 0) is 42.7 Å². The summed E-state index contributed by atoms with van der Waals surface area (Å²) in [6.45, 7) is 2.63. The lowest BCUT2D eigenvalue weighted by molar-refractivity contribution is -0.131. The van der Waals surface area contributed by atoms with Crippen molar-refractivity contribution in [1.29, 1.82) is 0 Å². The van der Waals surface area contributed by atoms with E-state index in [0.29, 0.717) is 38.3 Å². The lowest BCUT2D eigenvalue weighted by Crippen LogP contribution is -2.49. The summed E-state index contributed by atoms with van der Waals surface area (Å²) >= 11 is 0. The van der Waals surface area contributed by atoms with Gasteiger partial charge in [-0.3, -0.25) is 9.78 Å². The zero-order valence-electron chi connectivity index (χ0n) is 15.9. The molecule has 0 aliphatic carbocycles. The maximum Gasteiger partial charge on any atom is 0.222 e. The topological polar surface area (TPSA) is 36.4 Å². The van der Waals surface area contributed by atoms with Crippen molar-refractivity contribution in [3.63, 3.8) is 0 Å². The number of aromatic nitrogens is 1. The van der Waals surface area contributed by atoms with Crippen LogP contribution < -0.4 is 4.90 Å². The number of rotatable bonds is 5. The molecule has 144 valence electrons. The van der Waals surface area contributed by atoms with Crippen LogP contribution in [0.5, 0.6) is 0 Å². The van der Waals surface area contributed by atoms with Crippen LogP contribution in [0.3, 0.4) is 0 Å². The smallest absolute Gasteiger partial charge is 0.222 e. The van der Waals surface area contributed by atoms with E-state index in [1.54, 1.807) is 18.3 Å². The van der Waals surface area contributed by atoms with Crippen molar-refractivity contribution < 1.29 is 9.18 Å². The highest BCUT2D eigenvalue weighted by Gasteiger charge is 2.22. The van der Waals surface area contributed by atoms with Crippen LogP contribution >= 0.6 is 0 Å². The van der Waals surface area contributed by atoms with Crippen LogP contribution in [0.2, 0.25) is 0 Å². The first-order valence-electron chi connectivity index (χ1n) is 9.82. The Morgan fingerprint density at radius 1 is 0.964 bits per heavy atom. The first-order chi connectivity index (χ1) is 13.7. The second-order valence-corrected chi connectivity index (χ2v) is 7.16. The van der Waals surface area contributed by atoms with Gasteiger partial charge >= 0.3 is 0 Å². The molecule has 4 rings (SSSR count). The summed E-state index contributed by atoms with van der Waals surface area (Å²) in [5, 5.41) is 1.16. The standard InChI is InChI=1S/C23H24FN3O/c24-20-9-1-2-11-22(20)26-14-16-27(17-15-26)23(28)12-4-7-18-6-3-10-21-19(18)8-5-13-25-21/h1-3,5-6,8-11,13H,4,7,12,14-17H2. The van der Waals surface area contributed by atoms with Crippen LogP contribution in [0.15, 0.2) is 60.8 Å². The molecule has 0 N–H and O–H groups in total. The number of carbonyl (C=O) groups excluding carboxylic acids is 1. The fourth-order valence-electron chi connectivity index (χ4n) is 3.88. The fourth-order valence-corrected chi connectivity index (χ4v) is 3.88. The summed E-state index contributed by atoms with van der Waals surface area (Å²) in [6.07, 6.45) is 4.03. The van der Waals surface area contributed by atoms with Crippen LogP contribution in [0.1, 0.15) is 18.4 Å². The molecule has 1 saturated heterocycles. The molecule has 2 aromatic carbocycles. The molecule has 1 aliphatic rings. The second kappa shape index (κ2) is 8.38. The zero-order chi connectivity index (χ0) is 19.3. The minimum atomic E-state index is -0.202. The molecule has 1 fully saturated rings. The molecule has 0 bridgehead atoms. The predicted octanol–water partition coefficient (Wildman–Crippen LogP) is 4.05. The molecule has 1 aromatic heterocycles. The molecule has 0 atom stereocenters. The number of nitrogens with zero attached hydrogens (tertiary/aromatic N) is 3. The summed E-state index contributed by atoms with van der Waals surface area (Å²) in [5.74, 6) is -0.0154. The first-order valence-corrected chi connectivity index (χ1v) is 9.82. The van der Waals surface area contributed by atoms with Crippen LogP contribution in [0.4, 0.5) is 10.1 Å². The molecule has 28 heavy (non-hydrogen) atoms. The van der Waals surface area contributed by atoms with Gasteiger partial charge in [0.05, 0.1) is 11.2 Å². The Morgan fingerprint density at radius 2 is 1.79 bits per heavy atom. The Bertz CT molecular complexity index is 961. The van der Waals surface area contributed by atoms with Crippen molar-refractivity contribution >= 4 is 22.5 Å². The van der Waals surface area contributed by atoms with Crippen molar-refractivity contribution in [3.05, 3.63) is 72.2 Å². The highest BCUT2D eigenvalue weighted by Crippen LogP contribution is 2.21. The summed E-state index contributed by atoms with van der Waals surface area (Å²) in [7, 11) is 0. The SMILES string of the molecule is O=C(CCCc1cccc2ncccc12)N1CCN(c2ccccc2F)CC1. The van der Waals surface area contributed by atoms with E-state index >= 15 is 0 Å². The van der Waals surface area contributed by atoms with Crippen LogP contribution in [-0.4, -0.2) is 42.0 Å². The number of amides is 1. The number of anilines is 1. The monoisotopic (exact) mass is 377 g/mol. The van der Waals surface area contributed by atoms with Gasteiger partial charge in [0, 0.05) is 44.2 Å². The van der Waals surface area contributed by atoms with E-state index in [2.05, 4.69) is 17.1 Å². The maximum absolute atomic E-state index is 13.9. The number of pyridine rings is 1. The highest BCUT2D eigenvalue weighted by molar-refractivity contribution is 5.82. The first kappa shape index (κ1) is 18.4. The quantitative estimate of drug-likeness (QED) is 0.673. The van der Waals surface area contributed by atoms with Gasteiger partial charge < -0.3 is 9.80 Å². The Kier molecular flexibility index (Phi) is 5.51. The van der Waals surface area contributed by atoms with Gasteiger partial charge in [0.15, 0.2) is 0 Å². The third-order valence-electron chi connectivity index (χ3n) is 5.40. The maximum atomic E-state index is 13.9. The van der Waals surface area contributed by atoms with E-state index in [9.17, 15) is 9.18 Å². The van der Waals surface area contributed by atoms with E-state index < -0.39 is 0 Å². The zero-order valence-corrected chi connectivity index (χ0v) is 15.9. The molecule has 1 aliphatic heterocycles. The van der Waals surface area contributed by atoms with Gasteiger partial charge in [0.1, 0.15) is 5.82 Å². The Labute approximate surface area is 164 Å². The summed E-state index contributed by atoms with van der Waals surface area (Å²) in [4.78, 5) is 20.9. The summed E-state index contributed by atoms with van der Waals surface area (Å²) in [5.41, 5.74) is 2.86. The Balaban J connectivity index is 1.29. The molecule has 0 unspecified atom stereocenters. The number of hydrogen-bond donors (Lipinski definition) is 0. The number of aryl methyl sites for hydroxylation is 1. The second-order valence-electron chi connectivity index (χ2n) is 7.16. The molecular weight excluding hydrogens is 353 g/mol. The third kappa shape index (κ3) is 3.98. The number of fused-ring (bicyclic) bond motifs is 1. The molecule has 2 heterocycles. The van der Waals surface area contributed by atoms with Gasteiger partial charge in [-0.2, -0.15) is 0 Å². The van der Waals surface area contributed by atoms with Gasteiger partial charge in [0.25, 0.3) is 0 Å². The number of halogens is 1. The van der Waals surface area contributed by atoms with E-state index in [0.717, 1.165) is 23.7 Å².